The topological polar surface area (TPSA) is 41.1 Å². The zero-order chi connectivity index (χ0) is 13.3. The Morgan fingerprint density at radius 1 is 1.33 bits per heavy atom. The van der Waals surface area contributed by atoms with Crippen molar-refractivity contribution in [2.75, 3.05) is 11.9 Å². The summed E-state index contributed by atoms with van der Waals surface area (Å²) in [4.78, 5) is 11.9. The number of hydrogen-bond acceptors (Lipinski definition) is 2. The zero-order valence-corrected chi connectivity index (χ0v) is 10.4. The molecule has 1 aromatic rings. The van der Waals surface area contributed by atoms with Gasteiger partial charge in [-0.15, -0.1) is 0 Å². The minimum Gasteiger partial charge on any atom is -0.382 e. The van der Waals surface area contributed by atoms with Gasteiger partial charge >= 0.3 is 0 Å². The Labute approximate surface area is 105 Å². The van der Waals surface area contributed by atoms with Gasteiger partial charge in [-0.2, -0.15) is 0 Å². The van der Waals surface area contributed by atoms with Crippen LogP contribution in [-0.2, 0) is 0 Å². The van der Waals surface area contributed by atoms with Gasteiger partial charge in [0.05, 0.1) is 11.3 Å². The maximum Gasteiger partial charge on any atom is 0.253 e. The fourth-order valence-electron chi connectivity index (χ4n) is 2.14. The molecule has 1 heterocycles. The van der Waals surface area contributed by atoms with Gasteiger partial charge in [-0.25, -0.2) is 8.78 Å². The van der Waals surface area contributed by atoms with Crippen LogP contribution in [0.4, 0.5) is 14.5 Å². The molecule has 2 N–H and O–H groups in total. The van der Waals surface area contributed by atoms with E-state index in [4.69, 9.17) is 0 Å². The molecule has 3 nitrogen and oxygen atoms in total. The molecule has 0 spiro atoms. The third-order valence-corrected chi connectivity index (χ3v) is 2.94. The van der Waals surface area contributed by atoms with E-state index in [0.717, 1.165) is 18.6 Å². The van der Waals surface area contributed by atoms with Gasteiger partial charge in [0.15, 0.2) is 11.6 Å². The van der Waals surface area contributed by atoms with Crippen LogP contribution in [0.25, 0.3) is 0 Å². The van der Waals surface area contributed by atoms with Gasteiger partial charge in [0.2, 0.25) is 0 Å². The first-order valence-electron chi connectivity index (χ1n) is 6.01. The molecule has 0 fully saturated rings. The van der Waals surface area contributed by atoms with Crippen molar-refractivity contribution < 1.29 is 13.6 Å². The second kappa shape index (κ2) is 4.92. The summed E-state index contributed by atoms with van der Waals surface area (Å²) in [5.74, 6) is -1.88. The van der Waals surface area contributed by atoms with Crippen molar-refractivity contribution in [1.82, 2.24) is 5.32 Å². The molecule has 1 aliphatic rings. The number of carbonyl (C=O) groups is 1. The maximum atomic E-state index is 13.1. The quantitative estimate of drug-likeness (QED) is 0.851. The average molecular weight is 254 g/mol. The molecule has 1 aromatic carbocycles. The molecule has 0 saturated heterocycles. The highest BCUT2D eigenvalue weighted by Gasteiger charge is 2.23. The summed E-state index contributed by atoms with van der Waals surface area (Å²) in [7, 11) is 0. The zero-order valence-electron chi connectivity index (χ0n) is 10.4. The first-order chi connectivity index (χ1) is 8.47. The highest BCUT2D eigenvalue weighted by atomic mass is 19.2. The first-order valence-corrected chi connectivity index (χ1v) is 6.01. The van der Waals surface area contributed by atoms with Gasteiger partial charge in [-0.05, 0) is 18.4 Å². The van der Waals surface area contributed by atoms with E-state index in [1.807, 2.05) is 0 Å². The smallest absolute Gasteiger partial charge is 0.253 e. The lowest BCUT2D eigenvalue weighted by atomic mass is 10.0. The van der Waals surface area contributed by atoms with Gasteiger partial charge < -0.3 is 10.6 Å². The van der Waals surface area contributed by atoms with Gasteiger partial charge in [0.1, 0.15) is 0 Å². The summed E-state index contributed by atoms with van der Waals surface area (Å²) in [6.07, 6.45) is 0.817. The van der Waals surface area contributed by atoms with Crippen LogP contribution in [0.1, 0.15) is 30.6 Å². The van der Waals surface area contributed by atoms with Crippen molar-refractivity contribution in [3.05, 3.63) is 29.3 Å². The molecule has 1 amide bonds. The van der Waals surface area contributed by atoms with Crippen molar-refractivity contribution in [3.8, 4) is 0 Å². The molecule has 0 aromatic heterocycles. The number of nitrogens with one attached hydrogen (secondary N) is 2. The van der Waals surface area contributed by atoms with Crippen molar-refractivity contribution in [2.24, 2.45) is 5.92 Å². The van der Waals surface area contributed by atoms with Crippen LogP contribution < -0.4 is 10.6 Å². The van der Waals surface area contributed by atoms with Crippen molar-refractivity contribution in [1.29, 1.82) is 0 Å². The third-order valence-electron chi connectivity index (χ3n) is 2.94. The molecular formula is C13H16F2N2O. The van der Waals surface area contributed by atoms with E-state index in [1.54, 1.807) is 0 Å². The van der Waals surface area contributed by atoms with E-state index in [-0.39, 0.29) is 17.5 Å². The monoisotopic (exact) mass is 254 g/mol. The normalized spacial score (nSPS) is 18.9. The molecule has 1 atom stereocenters. The van der Waals surface area contributed by atoms with Crippen LogP contribution in [0, 0.1) is 17.6 Å². The Balaban J connectivity index is 2.26. The van der Waals surface area contributed by atoms with E-state index in [1.165, 1.54) is 0 Å². The summed E-state index contributed by atoms with van der Waals surface area (Å²) >= 11 is 0. The van der Waals surface area contributed by atoms with E-state index in [2.05, 4.69) is 24.5 Å². The molecule has 0 radical (unpaired) electrons. The molecule has 1 unspecified atom stereocenters. The number of carbonyl (C=O) groups excluding carboxylic acids is 1. The fourth-order valence-corrected chi connectivity index (χ4v) is 2.14. The number of anilines is 1. The second-order valence-corrected chi connectivity index (χ2v) is 4.99. The molecule has 0 bridgehead atoms. The fraction of sp³-hybridized carbons (Fsp3) is 0.462. The van der Waals surface area contributed by atoms with E-state index >= 15 is 0 Å². The van der Waals surface area contributed by atoms with Crippen LogP contribution in [0.3, 0.4) is 0 Å². The minimum atomic E-state index is -1.01. The lowest BCUT2D eigenvalue weighted by Gasteiger charge is -2.17. The summed E-state index contributed by atoms with van der Waals surface area (Å²) in [5, 5.41) is 5.81. The summed E-state index contributed by atoms with van der Waals surface area (Å²) < 4.78 is 26.3. The lowest BCUT2D eigenvalue weighted by molar-refractivity contribution is 0.0938. The van der Waals surface area contributed by atoms with Crippen LogP contribution in [-0.4, -0.2) is 18.5 Å². The van der Waals surface area contributed by atoms with Crippen molar-refractivity contribution in [2.45, 2.75) is 26.3 Å². The number of rotatable bonds is 2. The largest absolute Gasteiger partial charge is 0.382 e. The second-order valence-electron chi connectivity index (χ2n) is 4.99. The van der Waals surface area contributed by atoms with Crippen LogP contribution in [0.5, 0.6) is 0 Å². The highest BCUT2D eigenvalue weighted by Crippen LogP contribution is 2.23. The number of halogens is 2. The number of amides is 1. The number of fused-ring (bicyclic) bond motifs is 1. The Bertz CT molecular complexity index is 474. The Hall–Kier alpha value is -1.65. The Kier molecular flexibility index (Phi) is 3.50. The summed E-state index contributed by atoms with van der Waals surface area (Å²) in [6.45, 7) is 4.63. The molecular weight excluding hydrogens is 238 g/mol. The van der Waals surface area contributed by atoms with Crippen molar-refractivity contribution >= 4 is 11.6 Å². The molecule has 5 heteroatoms. The molecule has 0 aliphatic carbocycles. The average Bonchev–Trinajstić information content (AvgIpc) is 2.41. The third kappa shape index (κ3) is 2.60. The molecule has 18 heavy (non-hydrogen) atoms. The predicted octanol–water partition coefficient (Wildman–Crippen LogP) is 2.53. The number of benzene rings is 1. The molecule has 1 aliphatic heterocycles. The van der Waals surface area contributed by atoms with Crippen LogP contribution >= 0.6 is 0 Å². The first kappa shape index (κ1) is 12.8. The Morgan fingerprint density at radius 3 is 2.67 bits per heavy atom. The van der Waals surface area contributed by atoms with E-state index in [0.29, 0.717) is 18.2 Å². The summed E-state index contributed by atoms with van der Waals surface area (Å²) in [6, 6.07) is 1.93. The highest BCUT2D eigenvalue weighted by molar-refractivity contribution is 6.00. The number of hydrogen-bond donors (Lipinski definition) is 2. The van der Waals surface area contributed by atoms with E-state index < -0.39 is 11.6 Å². The summed E-state index contributed by atoms with van der Waals surface area (Å²) in [5.41, 5.74) is 0.498. The van der Waals surface area contributed by atoms with Gasteiger partial charge in [0.25, 0.3) is 5.91 Å². The van der Waals surface area contributed by atoms with Gasteiger partial charge in [0, 0.05) is 18.7 Å². The molecule has 2 rings (SSSR count). The lowest BCUT2D eigenvalue weighted by Crippen LogP contribution is -2.38. The standard InChI is InChI=1S/C13H16F2N2O/c1-7(2)3-8-6-16-12-5-11(15)10(14)4-9(12)13(18)17-8/h4-5,7-8,16H,3,6H2,1-2H3,(H,17,18). The Morgan fingerprint density at radius 2 is 2.00 bits per heavy atom. The van der Waals surface area contributed by atoms with Gasteiger partial charge in [-0.1, -0.05) is 13.8 Å². The van der Waals surface area contributed by atoms with Crippen LogP contribution in [0.15, 0.2) is 12.1 Å². The van der Waals surface area contributed by atoms with Gasteiger partial charge in [-0.3, -0.25) is 4.79 Å². The van der Waals surface area contributed by atoms with Crippen molar-refractivity contribution in [3.63, 3.8) is 0 Å². The minimum absolute atomic E-state index is 0.0315. The molecule has 0 saturated carbocycles. The SMILES string of the molecule is CC(C)CC1CNc2cc(F)c(F)cc2C(=O)N1. The maximum absolute atomic E-state index is 13.1. The predicted molar refractivity (Wildman–Crippen MR) is 65.6 cm³/mol. The molecule has 98 valence electrons. The van der Waals surface area contributed by atoms with Crippen LogP contribution in [0.2, 0.25) is 0 Å². The van der Waals surface area contributed by atoms with E-state index in [9.17, 15) is 13.6 Å².